The monoisotopic (exact) mass is 299 g/mol. The van der Waals surface area contributed by atoms with Gasteiger partial charge in [0.2, 0.25) is 9.70 Å². The molecule has 1 aromatic rings. The van der Waals surface area contributed by atoms with Gasteiger partial charge in [0.1, 0.15) is 0 Å². The van der Waals surface area contributed by atoms with Crippen LogP contribution in [0, 0.1) is 0 Å². The van der Waals surface area contributed by atoms with Crippen LogP contribution in [0.4, 0.5) is 0 Å². The molecule has 1 unspecified atom stereocenters. The molecule has 0 bridgehead atoms. The van der Waals surface area contributed by atoms with Crippen LogP contribution in [0.15, 0.2) is 23.6 Å². The van der Waals surface area contributed by atoms with Crippen LogP contribution in [0.3, 0.4) is 0 Å². The maximum Gasteiger partial charge on any atom is 0.246 e. The second-order valence-corrected chi connectivity index (χ2v) is 6.15. The Kier molecular flexibility index (Phi) is 5.08. The van der Waals surface area contributed by atoms with E-state index in [-0.39, 0.29) is 0 Å². The van der Waals surface area contributed by atoms with Crippen molar-refractivity contribution in [3.63, 3.8) is 0 Å². The van der Waals surface area contributed by atoms with Gasteiger partial charge in [-0.1, -0.05) is 40.9 Å². The predicted molar refractivity (Wildman–Crippen MR) is 67.8 cm³/mol. The van der Waals surface area contributed by atoms with E-state index in [4.69, 9.17) is 34.8 Å². The van der Waals surface area contributed by atoms with Gasteiger partial charge >= 0.3 is 0 Å². The second-order valence-electron chi connectivity index (χ2n) is 2.80. The first kappa shape index (κ1) is 13.8. The molecule has 0 saturated heterocycles. The van der Waals surface area contributed by atoms with E-state index in [9.17, 15) is 9.90 Å². The van der Waals surface area contributed by atoms with Gasteiger partial charge in [-0.15, -0.1) is 11.3 Å². The van der Waals surface area contributed by atoms with Gasteiger partial charge in [0, 0.05) is 11.0 Å². The lowest BCUT2D eigenvalue weighted by Crippen LogP contribution is -2.42. The zero-order valence-corrected chi connectivity index (χ0v) is 10.9. The average molecular weight is 301 g/mol. The van der Waals surface area contributed by atoms with Crippen molar-refractivity contribution in [1.82, 2.24) is 5.32 Å². The highest BCUT2D eigenvalue weighted by Crippen LogP contribution is 2.28. The minimum atomic E-state index is -1.94. The fourth-order valence-corrected chi connectivity index (χ4v) is 1.59. The lowest BCUT2D eigenvalue weighted by molar-refractivity contribution is -0.119. The third-order valence-corrected chi connectivity index (χ3v) is 2.99. The maximum atomic E-state index is 11.3. The third-order valence-electron chi connectivity index (χ3n) is 1.53. The summed E-state index contributed by atoms with van der Waals surface area (Å²) in [6, 6.07) is 3.71. The molecule has 1 aromatic heterocycles. The number of nitrogens with one attached hydrogen (secondary N) is 1. The van der Waals surface area contributed by atoms with Gasteiger partial charge in [-0.3, -0.25) is 4.79 Å². The molecule has 0 fully saturated rings. The quantitative estimate of drug-likeness (QED) is 0.512. The molecular weight excluding hydrogens is 293 g/mol. The Balaban J connectivity index is 2.48. The van der Waals surface area contributed by atoms with Crippen LogP contribution in [0.2, 0.25) is 0 Å². The fraction of sp³-hybridized carbons (Fsp3) is 0.222. The van der Waals surface area contributed by atoms with Crippen molar-refractivity contribution in [1.29, 1.82) is 0 Å². The number of rotatable bonds is 3. The third kappa shape index (κ3) is 4.72. The summed E-state index contributed by atoms with van der Waals surface area (Å²) < 4.78 is -1.94. The van der Waals surface area contributed by atoms with Gasteiger partial charge in [-0.2, -0.15) is 0 Å². The van der Waals surface area contributed by atoms with Crippen LogP contribution in [0.5, 0.6) is 0 Å². The molecule has 0 radical (unpaired) electrons. The molecule has 0 aromatic carbocycles. The standard InChI is InChI=1S/C9H8Cl3NO2S/c10-9(11,12)8(15)13-7(14)4-3-6-2-1-5-16-6/h1-5,8,15H,(H,13,14). The van der Waals surface area contributed by atoms with Gasteiger partial charge in [-0.05, 0) is 17.5 Å². The van der Waals surface area contributed by atoms with Crippen LogP contribution in [-0.4, -0.2) is 21.0 Å². The molecule has 1 rings (SSSR count). The van der Waals surface area contributed by atoms with Crippen molar-refractivity contribution < 1.29 is 9.90 Å². The summed E-state index contributed by atoms with van der Waals surface area (Å²) in [6.45, 7) is 0. The van der Waals surface area contributed by atoms with Crippen LogP contribution in [0.1, 0.15) is 4.88 Å². The molecule has 16 heavy (non-hydrogen) atoms. The molecule has 0 spiro atoms. The van der Waals surface area contributed by atoms with E-state index in [0.29, 0.717) is 0 Å². The summed E-state index contributed by atoms with van der Waals surface area (Å²) in [5.41, 5.74) is 0. The number of hydrogen-bond acceptors (Lipinski definition) is 3. The van der Waals surface area contributed by atoms with Crippen molar-refractivity contribution in [2.45, 2.75) is 10.0 Å². The van der Waals surface area contributed by atoms with E-state index >= 15 is 0 Å². The number of halogens is 3. The van der Waals surface area contributed by atoms with Gasteiger partial charge < -0.3 is 10.4 Å². The molecule has 0 saturated carbocycles. The number of thiophene rings is 1. The van der Waals surface area contributed by atoms with E-state index in [1.807, 2.05) is 17.5 Å². The number of carbonyl (C=O) groups excluding carboxylic acids is 1. The van der Waals surface area contributed by atoms with E-state index < -0.39 is 15.9 Å². The average Bonchev–Trinajstić information content (AvgIpc) is 2.65. The Morgan fingerprint density at radius 3 is 2.75 bits per heavy atom. The summed E-state index contributed by atoms with van der Waals surface area (Å²) in [4.78, 5) is 12.2. The highest BCUT2D eigenvalue weighted by atomic mass is 35.6. The van der Waals surface area contributed by atoms with Crippen LogP contribution < -0.4 is 5.32 Å². The Morgan fingerprint density at radius 1 is 1.56 bits per heavy atom. The first-order valence-corrected chi connectivity index (χ1v) is 6.18. The molecule has 0 aliphatic carbocycles. The molecule has 1 amide bonds. The summed E-state index contributed by atoms with van der Waals surface area (Å²) >= 11 is 17.6. The number of hydrogen-bond donors (Lipinski definition) is 2. The number of amides is 1. The van der Waals surface area contributed by atoms with Crippen molar-refractivity contribution in [3.8, 4) is 0 Å². The Morgan fingerprint density at radius 2 is 2.25 bits per heavy atom. The number of aliphatic hydroxyl groups is 1. The zero-order valence-electron chi connectivity index (χ0n) is 7.86. The lowest BCUT2D eigenvalue weighted by Gasteiger charge is -2.18. The van der Waals surface area contributed by atoms with Gasteiger partial charge in [0.25, 0.3) is 0 Å². The lowest BCUT2D eigenvalue weighted by atomic mass is 10.4. The van der Waals surface area contributed by atoms with Crippen molar-refractivity contribution in [2.24, 2.45) is 0 Å². The molecule has 88 valence electrons. The normalized spacial score (nSPS) is 14.0. The first-order valence-electron chi connectivity index (χ1n) is 4.16. The fourth-order valence-electron chi connectivity index (χ4n) is 0.809. The first-order chi connectivity index (χ1) is 7.39. The van der Waals surface area contributed by atoms with Crippen molar-refractivity contribution in [2.75, 3.05) is 0 Å². The summed E-state index contributed by atoms with van der Waals surface area (Å²) in [6.07, 6.45) is 1.31. The summed E-state index contributed by atoms with van der Waals surface area (Å²) in [5.74, 6) is -0.535. The second kappa shape index (κ2) is 5.89. The van der Waals surface area contributed by atoms with Crippen molar-refractivity contribution >= 4 is 58.1 Å². The van der Waals surface area contributed by atoms with E-state index in [1.54, 1.807) is 6.08 Å². The van der Waals surface area contributed by atoms with E-state index in [0.717, 1.165) is 4.88 Å². The van der Waals surface area contributed by atoms with Crippen LogP contribution in [0.25, 0.3) is 6.08 Å². The SMILES string of the molecule is O=C(C=Cc1cccs1)NC(O)C(Cl)(Cl)Cl. The van der Waals surface area contributed by atoms with Crippen LogP contribution in [-0.2, 0) is 4.79 Å². The number of alkyl halides is 3. The molecule has 7 heteroatoms. The Bertz CT molecular complexity index is 373. The minimum Gasteiger partial charge on any atom is -0.369 e. The maximum absolute atomic E-state index is 11.3. The summed E-state index contributed by atoms with van der Waals surface area (Å²) in [5, 5.41) is 13.3. The molecule has 0 aliphatic rings. The largest absolute Gasteiger partial charge is 0.369 e. The minimum absolute atomic E-state index is 0.535. The topological polar surface area (TPSA) is 49.3 Å². The number of carbonyl (C=O) groups is 1. The van der Waals surface area contributed by atoms with Crippen molar-refractivity contribution in [3.05, 3.63) is 28.5 Å². The molecule has 3 nitrogen and oxygen atoms in total. The highest BCUT2D eigenvalue weighted by molar-refractivity contribution is 7.10. The van der Waals surface area contributed by atoms with Crippen LogP contribution >= 0.6 is 46.1 Å². The summed E-state index contributed by atoms with van der Waals surface area (Å²) in [7, 11) is 0. The molecule has 1 heterocycles. The molecular formula is C9H8Cl3NO2S. The van der Waals surface area contributed by atoms with Gasteiger partial charge in [0.15, 0.2) is 6.23 Å². The zero-order chi connectivity index (χ0) is 12.2. The smallest absolute Gasteiger partial charge is 0.246 e. The predicted octanol–water partition coefficient (Wildman–Crippen LogP) is 2.57. The molecule has 1 atom stereocenters. The van der Waals surface area contributed by atoms with Gasteiger partial charge in [-0.25, -0.2) is 0 Å². The molecule has 2 N–H and O–H groups in total. The van der Waals surface area contributed by atoms with Gasteiger partial charge in [0.05, 0.1) is 0 Å². The number of aliphatic hydroxyl groups excluding tert-OH is 1. The van der Waals surface area contributed by atoms with E-state index in [1.165, 1.54) is 17.4 Å². The Hall–Kier alpha value is -0.260. The molecule has 0 aliphatic heterocycles. The van der Waals surface area contributed by atoms with E-state index in [2.05, 4.69) is 5.32 Å². The highest BCUT2D eigenvalue weighted by Gasteiger charge is 2.31. The Labute approximate surface area is 112 Å².